The minimum absolute atomic E-state index is 0.0185. The molecule has 0 aliphatic heterocycles. The summed E-state index contributed by atoms with van der Waals surface area (Å²) in [5.74, 6) is -0.00969. The monoisotopic (exact) mass is 637 g/mol. The largest absolute Gasteiger partial charge is 0.457 e. The van der Waals surface area contributed by atoms with Crippen LogP contribution in [-0.2, 0) is 9.59 Å². The van der Waals surface area contributed by atoms with Gasteiger partial charge in [0.2, 0.25) is 5.91 Å². The lowest BCUT2D eigenvalue weighted by Crippen LogP contribution is -2.30. The molecule has 3 N–H and O–H groups in total. The number of amides is 3. The average Bonchev–Trinajstić information content (AvgIpc) is 3.58. The Hall–Kier alpha value is -5.86. The quantitative estimate of drug-likeness (QED) is 0.103. The second-order valence-electron chi connectivity index (χ2n) is 10.7. The first kappa shape index (κ1) is 31.1. The fourth-order valence-corrected chi connectivity index (χ4v) is 5.78. The van der Waals surface area contributed by atoms with Crippen molar-refractivity contribution < 1.29 is 18.8 Å². The zero-order chi connectivity index (χ0) is 32.6. The van der Waals surface area contributed by atoms with E-state index < -0.39 is 11.8 Å². The van der Waals surface area contributed by atoms with Crippen molar-refractivity contribution in [2.75, 3.05) is 10.6 Å². The molecular weight excluding hydrogens is 607 g/mol. The van der Waals surface area contributed by atoms with Crippen molar-refractivity contribution >= 4 is 57.7 Å². The molecule has 7 nitrogen and oxygen atoms in total. The lowest BCUT2D eigenvalue weighted by Gasteiger charge is -2.14. The molecule has 3 amide bonds. The number of carbonyl (C=O) groups is 3. The first-order chi connectivity index (χ1) is 22.9. The third kappa shape index (κ3) is 7.87. The van der Waals surface area contributed by atoms with Crippen LogP contribution < -0.4 is 16.0 Å². The lowest BCUT2D eigenvalue weighted by molar-refractivity contribution is -0.115. The number of anilines is 2. The molecule has 232 valence electrons. The minimum atomic E-state index is -0.518. The number of fused-ring (bicyclic) bond motifs is 1. The van der Waals surface area contributed by atoms with E-state index in [1.165, 1.54) is 17.8 Å². The molecule has 0 radical (unpaired) electrons. The van der Waals surface area contributed by atoms with Crippen LogP contribution in [0.3, 0.4) is 0 Å². The van der Waals surface area contributed by atoms with Crippen LogP contribution in [0.4, 0.5) is 11.4 Å². The van der Waals surface area contributed by atoms with Gasteiger partial charge in [0.25, 0.3) is 11.8 Å². The summed E-state index contributed by atoms with van der Waals surface area (Å²) in [4.78, 5) is 40.4. The van der Waals surface area contributed by atoms with Gasteiger partial charge in [-0.1, -0.05) is 84.9 Å². The lowest BCUT2D eigenvalue weighted by atomic mass is 10.1. The van der Waals surface area contributed by atoms with Crippen LogP contribution in [0, 0.1) is 0 Å². The Balaban J connectivity index is 1.14. The number of carbonyl (C=O) groups excluding carboxylic acids is 3. The number of benzene rings is 5. The Kier molecular flexibility index (Phi) is 9.60. The summed E-state index contributed by atoms with van der Waals surface area (Å²) in [5, 5.41) is 10.3. The average molecular weight is 638 g/mol. The van der Waals surface area contributed by atoms with Crippen LogP contribution in [-0.4, -0.2) is 23.0 Å². The van der Waals surface area contributed by atoms with Crippen LogP contribution in [0.5, 0.6) is 0 Å². The van der Waals surface area contributed by atoms with E-state index in [0.717, 1.165) is 26.9 Å². The summed E-state index contributed by atoms with van der Waals surface area (Å²) < 4.78 is 5.98. The minimum Gasteiger partial charge on any atom is -0.457 e. The second kappa shape index (κ2) is 14.5. The van der Waals surface area contributed by atoms with Crippen molar-refractivity contribution in [3.8, 4) is 11.3 Å². The highest BCUT2D eigenvalue weighted by Crippen LogP contribution is 2.28. The van der Waals surface area contributed by atoms with E-state index in [-0.39, 0.29) is 16.9 Å². The Morgan fingerprint density at radius 2 is 1.38 bits per heavy atom. The highest BCUT2D eigenvalue weighted by molar-refractivity contribution is 8.00. The maximum Gasteiger partial charge on any atom is 0.272 e. The van der Waals surface area contributed by atoms with Gasteiger partial charge < -0.3 is 20.4 Å². The molecule has 6 rings (SSSR count). The molecule has 0 saturated carbocycles. The predicted molar refractivity (Wildman–Crippen MR) is 189 cm³/mol. The van der Waals surface area contributed by atoms with Crippen LogP contribution in [0.25, 0.3) is 28.2 Å². The summed E-state index contributed by atoms with van der Waals surface area (Å²) in [7, 11) is 0. The molecule has 1 heterocycles. The number of furan rings is 1. The zero-order valence-electron chi connectivity index (χ0n) is 25.5. The number of hydrogen-bond acceptors (Lipinski definition) is 5. The smallest absolute Gasteiger partial charge is 0.272 e. The van der Waals surface area contributed by atoms with Gasteiger partial charge in [0, 0.05) is 38.9 Å². The van der Waals surface area contributed by atoms with Crippen LogP contribution in [0.1, 0.15) is 23.0 Å². The summed E-state index contributed by atoms with van der Waals surface area (Å²) >= 11 is 1.41. The number of nitrogens with one attached hydrogen (secondary N) is 3. The van der Waals surface area contributed by atoms with Gasteiger partial charge in [0.15, 0.2) is 0 Å². The SMILES string of the molecule is CC(Sc1ccc(NC(=O)C(=Cc2ccc(-c3ccccc3)o2)NC(=O)c2ccccc2)cc1)C(=O)Nc1cccc2ccccc12. The van der Waals surface area contributed by atoms with Crippen molar-refractivity contribution in [1.82, 2.24) is 5.32 Å². The molecule has 5 aromatic carbocycles. The fraction of sp³-hybridized carbons (Fsp3) is 0.0513. The van der Waals surface area contributed by atoms with E-state index in [4.69, 9.17) is 4.42 Å². The first-order valence-electron chi connectivity index (χ1n) is 15.0. The van der Waals surface area contributed by atoms with Crippen molar-refractivity contribution in [1.29, 1.82) is 0 Å². The van der Waals surface area contributed by atoms with Gasteiger partial charge in [0.1, 0.15) is 17.2 Å². The number of hydrogen-bond donors (Lipinski definition) is 3. The summed E-state index contributed by atoms with van der Waals surface area (Å²) in [6, 6.07) is 42.8. The normalized spacial score (nSPS) is 11.9. The Morgan fingerprint density at radius 1 is 0.702 bits per heavy atom. The number of thioether (sulfide) groups is 1. The van der Waals surface area contributed by atoms with Crippen LogP contribution in [0.2, 0.25) is 0 Å². The van der Waals surface area contributed by atoms with Gasteiger partial charge in [-0.3, -0.25) is 14.4 Å². The van der Waals surface area contributed by atoms with Gasteiger partial charge in [-0.15, -0.1) is 11.8 Å². The molecule has 0 saturated heterocycles. The second-order valence-corrected chi connectivity index (χ2v) is 12.1. The summed E-state index contributed by atoms with van der Waals surface area (Å²) in [5.41, 5.74) is 2.62. The molecule has 1 aromatic heterocycles. The molecule has 0 aliphatic carbocycles. The Morgan fingerprint density at radius 3 is 2.15 bits per heavy atom. The molecule has 1 atom stereocenters. The van der Waals surface area contributed by atoms with Gasteiger partial charge >= 0.3 is 0 Å². The molecule has 0 aliphatic rings. The predicted octanol–water partition coefficient (Wildman–Crippen LogP) is 8.63. The number of rotatable bonds is 10. The van der Waals surface area contributed by atoms with E-state index in [1.54, 1.807) is 42.5 Å². The van der Waals surface area contributed by atoms with Crippen molar-refractivity contribution in [3.63, 3.8) is 0 Å². The van der Waals surface area contributed by atoms with Gasteiger partial charge in [0.05, 0.1) is 5.25 Å². The first-order valence-corrected chi connectivity index (χ1v) is 15.9. The van der Waals surface area contributed by atoms with E-state index in [0.29, 0.717) is 22.8 Å². The Bertz CT molecular complexity index is 2050. The van der Waals surface area contributed by atoms with Gasteiger partial charge in [-0.05, 0) is 66.9 Å². The van der Waals surface area contributed by atoms with Crippen molar-refractivity contribution in [2.24, 2.45) is 0 Å². The fourth-order valence-electron chi connectivity index (χ4n) is 4.91. The maximum absolute atomic E-state index is 13.5. The zero-order valence-corrected chi connectivity index (χ0v) is 26.3. The molecule has 0 fully saturated rings. The van der Waals surface area contributed by atoms with E-state index in [2.05, 4.69) is 16.0 Å². The van der Waals surface area contributed by atoms with E-state index in [9.17, 15) is 14.4 Å². The molecule has 6 aromatic rings. The molecular formula is C39H31N3O4S. The van der Waals surface area contributed by atoms with Crippen molar-refractivity contribution in [2.45, 2.75) is 17.1 Å². The van der Waals surface area contributed by atoms with E-state index >= 15 is 0 Å². The molecule has 47 heavy (non-hydrogen) atoms. The van der Waals surface area contributed by atoms with E-state index in [1.807, 2.05) is 104 Å². The third-order valence-corrected chi connectivity index (χ3v) is 8.45. The summed E-state index contributed by atoms with van der Waals surface area (Å²) in [6.45, 7) is 1.85. The molecule has 8 heteroatoms. The molecule has 0 bridgehead atoms. The van der Waals surface area contributed by atoms with Crippen molar-refractivity contribution in [3.05, 3.63) is 157 Å². The highest BCUT2D eigenvalue weighted by Gasteiger charge is 2.18. The maximum atomic E-state index is 13.5. The summed E-state index contributed by atoms with van der Waals surface area (Å²) in [6.07, 6.45) is 1.50. The Labute approximate surface area is 276 Å². The molecule has 0 spiro atoms. The third-order valence-electron chi connectivity index (χ3n) is 7.34. The standard InChI is InChI=1S/C39H31N3O4S/c1-26(37(43)41-34-18-10-16-27-11-8-9-17-33(27)34)47-32-22-19-30(20-23-32)40-39(45)35(42-38(44)29-14-6-3-7-15-29)25-31-21-24-36(46-31)28-12-4-2-5-13-28/h2-26H,1H3,(H,40,45)(H,41,43)(H,42,44). The van der Waals surface area contributed by atoms with Crippen LogP contribution >= 0.6 is 11.8 Å². The topological polar surface area (TPSA) is 100 Å². The van der Waals surface area contributed by atoms with Gasteiger partial charge in [-0.25, -0.2) is 0 Å². The van der Waals surface area contributed by atoms with Gasteiger partial charge in [-0.2, -0.15) is 0 Å². The van der Waals surface area contributed by atoms with Crippen LogP contribution in [0.15, 0.2) is 155 Å². The molecule has 1 unspecified atom stereocenters. The highest BCUT2D eigenvalue weighted by atomic mass is 32.2.